The van der Waals surface area contributed by atoms with Crippen molar-refractivity contribution in [3.8, 4) is 0 Å². The van der Waals surface area contributed by atoms with E-state index < -0.39 is 21.7 Å². The second kappa shape index (κ2) is 6.13. The van der Waals surface area contributed by atoms with Gasteiger partial charge < -0.3 is 18.8 Å². The molecule has 0 radical (unpaired) electrons. The van der Waals surface area contributed by atoms with Crippen molar-refractivity contribution in [2.45, 2.75) is 0 Å². The Kier molecular flexibility index (Phi) is 6.70. The molecule has 0 saturated carbocycles. The van der Waals surface area contributed by atoms with Crippen LogP contribution in [0.2, 0.25) is 0 Å². The van der Waals surface area contributed by atoms with Crippen LogP contribution >= 0.6 is 21.7 Å². The molecule has 0 aromatic rings. The van der Waals surface area contributed by atoms with Crippen LogP contribution in [0.25, 0.3) is 0 Å². The van der Waals surface area contributed by atoms with Crippen LogP contribution in [-0.2, 0) is 45.8 Å². The zero-order valence-electron chi connectivity index (χ0n) is 7.15. The maximum atomic E-state index is 11.0. The quantitative estimate of drug-likeness (QED) is 0.700. The summed E-state index contributed by atoms with van der Waals surface area (Å²) in [6, 6.07) is 0. The van der Waals surface area contributed by atoms with Gasteiger partial charge in [0, 0.05) is 14.2 Å². The minimum Gasteiger partial charge on any atom is -0.324 e. The second-order valence-electron chi connectivity index (χ2n) is 1.73. The zero-order chi connectivity index (χ0) is 11.4. The Morgan fingerprint density at radius 3 is 1.57 bits per heavy atom. The fraction of sp³-hybridized carbons (Fsp3) is 1.00. The number of rotatable bonds is 6. The van der Waals surface area contributed by atoms with Gasteiger partial charge >= 0.3 is 21.7 Å². The molecule has 0 aromatic heterocycles. The summed E-state index contributed by atoms with van der Waals surface area (Å²) in [6.07, 6.45) is 0. The van der Waals surface area contributed by atoms with E-state index in [1.165, 1.54) is 0 Å². The Morgan fingerprint density at radius 1 is 1.07 bits per heavy atom. The van der Waals surface area contributed by atoms with Gasteiger partial charge in [0.2, 0.25) is 0 Å². The number of hydrogen-bond acceptors (Lipinski definition) is 7. The highest BCUT2D eigenvalue weighted by atomic mass is 32.5. The van der Waals surface area contributed by atoms with Crippen LogP contribution in [0.15, 0.2) is 0 Å². The van der Waals surface area contributed by atoms with Gasteiger partial charge in [0.15, 0.2) is 0 Å². The van der Waals surface area contributed by atoms with Crippen LogP contribution in [0.4, 0.5) is 0 Å². The minimum atomic E-state index is -3.58. The molecule has 0 rings (SSSR count). The summed E-state index contributed by atoms with van der Waals surface area (Å²) in [7, 11) is -1.07. The van der Waals surface area contributed by atoms with Gasteiger partial charge in [-0.2, -0.15) is 0 Å². The van der Waals surface area contributed by atoms with E-state index in [1.54, 1.807) is 0 Å². The highest BCUT2D eigenvalue weighted by Gasteiger charge is 2.23. The van der Waals surface area contributed by atoms with Crippen molar-refractivity contribution in [1.29, 1.82) is 0 Å². The van der Waals surface area contributed by atoms with Crippen LogP contribution < -0.4 is 0 Å². The smallest absolute Gasteiger partial charge is 0.324 e. The van der Waals surface area contributed by atoms with Crippen molar-refractivity contribution in [3.05, 3.63) is 0 Å². The summed E-state index contributed by atoms with van der Waals surface area (Å²) >= 11 is 8.74. The predicted molar refractivity (Wildman–Crippen MR) is 58.2 cm³/mol. The minimum absolute atomic E-state index is 1.08. The molecule has 0 fully saturated rings. The SMILES string of the molecule is COP(O)(=S)O[PH](=O)OP(O)(=S)OC. The Hall–Kier alpha value is 1.29. The first-order chi connectivity index (χ1) is 6.22. The zero-order valence-corrected chi connectivity index (χ0v) is 11.6. The van der Waals surface area contributed by atoms with E-state index in [1.807, 2.05) is 0 Å². The van der Waals surface area contributed by atoms with Crippen molar-refractivity contribution in [2.24, 2.45) is 0 Å². The Labute approximate surface area is 91.8 Å². The molecule has 0 heterocycles. The first kappa shape index (κ1) is 15.3. The van der Waals surface area contributed by atoms with Gasteiger partial charge in [-0.15, -0.1) is 0 Å². The van der Waals surface area contributed by atoms with E-state index in [4.69, 9.17) is 9.79 Å². The summed E-state index contributed by atoms with van der Waals surface area (Å²) in [6.45, 7) is -7.16. The molecule has 12 heteroatoms. The molecule has 2 N–H and O–H groups in total. The van der Waals surface area contributed by atoms with Gasteiger partial charge in [-0.3, -0.25) is 4.57 Å². The molecule has 86 valence electrons. The molecular weight excluding hydrogens is 293 g/mol. The highest BCUT2D eigenvalue weighted by molar-refractivity contribution is 8.09. The molecule has 2 unspecified atom stereocenters. The van der Waals surface area contributed by atoms with Gasteiger partial charge in [0.25, 0.3) is 0 Å². The first-order valence-electron chi connectivity index (χ1n) is 2.92. The van der Waals surface area contributed by atoms with Crippen molar-refractivity contribution in [2.75, 3.05) is 14.2 Å². The maximum Gasteiger partial charge on any atom is 0.333 e. The molecule has 0 aliphatic rings. The second-order valence-corrected chi connectivity index (χ2v) is 9.07. The third-order valence-corrected chi connectivity index (χ3v) is 7.04. The molecule has 0 amide bonds. The van der Waals surface area contributed by atoms with Gasteiger partial charge in [-0.1, -0.05) is 0 Å². The Balaban J connectivity index is 4.26. The molecule has 14 heavy (non-hydrogen) atoms. The highest BCUT2D eigenvalue weighted by Crippen LogP contribution is 2.59. The van der Waals surface area contributed by atoms with E-state index in [-0.39, 0.29) is 0 Å². The van der Waals surface area contributed by atoms with E-state index in [0.717, 1.165) is 14.2 Å². The van der Waals surface area contributed by atoms with Gasteiger partial charge in [0.05, 0.1) is 0 Å². The third kappa shape index (κ3) is 6.71. The van der Waals surface area contributed by atoms with Crippen LogP contribution in [0, 0.1) is 0 Å². The lowest BCUT2D eigenvalue weighted by Crippen LogP contribution is -1.87. The van der Waals surface area contributed by atoms with E-state index in [9.17, 15) is 4.57 Å². The molecule has 0 aromatic carbocycles. The topological polar surface area (TPSA) is 94.5 Å². The fourth-order valence-electron chi connectivity index (χ4n) is 0.280. The predicted octanol–water partition coefficient (Wildman–Crippen LogP) is 1.14. The lowest BCUT2D eigenvalue weighted by Gasteiger charge is -2.15. The van der Waals surface area contributed by atoms with Gasteiger partial charge in [-0.05, 0) is 23.6 Å². The molecule has 0 aliphatic heterocycles. The van der Waals surface area contributed by atoms with Crippen LogP contribution in [-0.4, -0.2) is 24.0 Å². The van der Waals surface area contributed by atoms with E-state index in [0.29, 0.717) is 0 Å². The lowest BCUT2D eigenvalue weighted by molar-refractivity contribution is 0.280. The van der Waals surface area contributed by atoms with Gasteiger partial charge in [0.1, 0.15) is 0 Å². The monoisotopic (exact) mass is 302 g/mol. The normalized spacial score (nSPS) is 22.3. The van der Waals surface area contributed by atoms with Crippen molar-refractivity contribution >= 4 is 45.3 Å². The largest absolute Gasteiger partial charge is 0.333 e. The van der Waals surface area contributed by atoms with Crippen LogP contribution in [0.5, 0.6) is 0 Å². The molecule has 2 atom stereocenters. The molecule has 0 aliphatic carbocycles. The Bertz CT molecular complexity index is 275. The number of hydrogen-bond donors (Lipinski definition) is 2. The lowest BCUT2D eigenvalue weighted by atomic mass is 11.8. The summed E-state index contributed by atoms with van der Waals surface area (Å²) in [5.74, 6) is 0. The fourth-order valence-corrected chi connectivity index (χ4v) is 3.91. The van der Waals surface area contributed by atoms with E-state index >= 15 is 0 Å². The summed E-state index contributed by atoms with van der Waals surface area (Å²) in [5, 5.41) is 0. The molecule has 0 saturated heterocycles. The molecule has 7 nitrogen and oxygen atoms in total. The molecule has 0 spiro atoms. The average Bonchev–Trinajstić information content (AvgIpc) is 2.02. The van der Waals surface area contributed by atoms with Crippen LogP contribution in [0.1, 0.15) is 0 Å². The standard InChI is InChI=1S/C2H9O7P3S2/c1-6-11(4,13)8-10(3)9-12(5,14)7-2/h10H,1-2H3,(H,4,13)(H,5,14). The van der Waals surface area contributed by atoms with Gasteiger partial charge in [-0.25, -0.2) is 8.62 Å². The van der Waals surface area contributed by atoms with Crippen molar-refractivity contribution < 1.29 is 32.0 Å². The van der Waals surface area contributed by atoms with Crippen molar-refractivity contribution in [3.63, 3.8) is 0 Å². The summed E-state index contributed by atoms with van der Waals surface area (Å²) in [5.41, 5.74) is 0. The maximum absolute atomic E-state index is 11.0. The molecular formula is C2H9O7P3S2. The van der Waals surface area contributed by atoms with Crippen molar-refractivity contribution in [1.82, 2.24) is 0 Å². The summed E-state index contributed by atoms with van der Waals surface area (Å²) < 4.78 is 28.3. The summed E-state index contributed by atoms with van der Waals surface area (Å²) in [4.78, 5) is 18.1. The third-order valence-electron chi connectivity index (χ3n) is 0.841. The molecule has 0 bridgehead atoms. The van der Waals surface area contributed by atoms with E-state index in [2.05, 4.69) is 41.3 Å². The first-order valence-corrected chi connectivity index (χ1v) is 9.33. The van der Waals surface area contributed by atoms with Crippen LogP contribution in [0.3, 0.4) is 0 Å². The average molecular weight is 302 g/mol. The Morgan fingerprint density at radius 2 is 1.36 bits per heavy atom.